The van der Waals surface area contributed by atoms with Gasteiger partial charge in [-0.25, -0.2) is 0 Å². The van der Waals surface area contributed by atoms with E-state index in [0.717, 1.165) is 21.9 Å². The molecule has 3 rings (SSSR count). The van der Waals surface area contributed by atoms with E-state index >= 15 is 0 Å². The average Bonchev–Trinajstić information content (AvgIpc) is 2.59. The fraction of sp³-hybridized carbons (Fsp3) is 0. The second-order valence-corrected chi connectivity index (χ2v) is 3.50. The lowest BCUT2D eigenvalue weighted by molar-refractivity contribution is 0.668. The predicted octanol–water partition coefficient (Wildman–Crippen LogP) is 3.63. The SMILES string of the molecule is Clc1cccc2c1oc1ccncc12. The second kappa shape index (κ2) is 2.72. The van der Waals surface area contributed by atoms with Crippen LogP contribution in [0.5, 0.6) is 0 Å². The molecule has 2 heterocycles. The summed E-state index contributed by atoms with van der Waals surface area (Å²) in [5.74, 6) is 0. The summed E-state index contributed by atoms with van der Waals surface area (Å²) >= 11 is 6.01. The van der Waals surface area contributed by atoms with Crippen LogP contribution in [0, 0.1) is 0 Å². The third-order valence-electron chi connectivity index (χ3n) is 2.25. The summed E-state index contributed by atoms with van der Waals surface area (Å²) in [7, 11) is 0. The molecule has 2 nitrogen and oxygen atoms in total. The molecular formula is C11H6ClNO. The van der Waals surface area contributed by atoms with E-state index in [1.54, 1.807) is 12.4 Å². The molecule has 0 spiro atoms. The Morgan fingerprint density at radius 1 is 1.14 bits per heavy atom. The van der Waals surface area contributed by atoms with Crippen LogP contribution < -0.4 is 0 Å². The fourth-order valence-electron chi connectivity index (χ4n) is 1.61. The highest BCUT2D eigenvalue weighted by Crippen LogP contribution is 2.32. The van der Waals surface area contributed by atoms with Gasteiger partial charge in [0.1, 0.15) is 5.58 Å². The second-order valence-electron chi connectivity index (χ2n) is 3.09. The summed E-state index contributed by atoms with van der Waals surface area (Å²) in [6.07, 6.45) is 3.50. The monoisotopic (exact) mass is 203 g/mol. The largest absolute Gasteiger partial charge is 0.454 e. The highest BCUT2D eigenvalue weighted by atomic mass is 35.5. The van der Waals surface area contributed by atoms with E-state index in [9.17, 15) is 0 Å². The Morgan fingerprint density at radius 2 is 2.07 bits per heavy atom. The van der Waals surface area contributed by atoms with Gasteiger partial charge < -0.3 is 4.42 Å². The Kier molecular flexibility index (Phi) is 1.52. The van der Waals surface area contributed by atoms with Crippen LogP contribution in [0.15, 0.2) is 41.1 Å². The Bertz CT molecular complexity index is 615. The summed E-state index contributed by atoms with van der Waals surface area (Å²) in [5, 5.41) is 2.66. The lowest BCUT2D eigenvalue weighted by atomic mass is 10.2. The van der Waals surface area contributed by atoms with E-state index in [-0.39, 0.29) is 0 Å². The fourth-order valence-corrected chi connectivity index (χ4v) is 1.82. The summed E-state index contributed by atoms with van der Waals surface area (Å²) in [6.45, 7) is 0. The maximum atomic E-state index is 6.01. The lowest BCUT2D eigenvalue weighted by Gasteiger charge is -1.89. The number of nitrogens with zero attached hydrogens (tertiary/aromatic N) is 1. The summed E-state index contributed by atoms with van der Waals surface area (Å²) in [4.78, 5) is 4.06. The van der Waals surface area contributed by atoms with Gasteiger partial charge in [0, 0.05) is 23.2 Å². The molecule has 68 valence electrons. The summed E-state index contributed by atoms with van der Waals surface area (Å²) < 4.78 is 5.61. The van der Waals surface area contributed by atoms with Gasteiger partial charge in [-0.3, -0.25) is 4.98 Å². The van der Waals surface area contributed by atoms with Crippen molar-refractivity contribution in [2.75, 3.05) is 0 Å². The smallest absolute Gasteiger partial charge is 0.154 e. The molecule has 14 heavy (non-hydrogen) atoms. The molecule has 2 aromatic heterocycles. The van der Waals surface area contributed by atoms with E-state index in [1.807, 2.05) is 24.3 Å². The quantitative estimate of drug-likeness (QED) is 0.558. The molecule has 0 unspecified atom stereocenters. The number of benzene rings is 1. The van der Waals surface area contributed by atoms with Crippen molar-refractivity contribution in [1.29, 1.82) is 0 Å². The molecule has 0 bridgehead atoms. The minimum Gasteiger partial charge on any atom is -0.454 e. The lowest BCUT2D eigenvalue weighted by Crippen LogP contribution is -1.68. The summed E-state index contributed by atoms with van der Waals surface area (Å²) in [5.41, 5.74) is 1.56. The molecule has 0 saturated carbocycles. The highest BCUT2D eigenvalue weighted by Gasteiger charge is 2.08. The van der Waals surface area contributed by atoms with Gasteiger partial charge in [0.2, 0.25) is 0 Å². The molecule has 0 fully saturated rings. The molecular weight excluding hydrogens is 198 g/mol. The van der Waals surface area contributed by atoms with Crippen LogP contribution in [0.4, 0.5) is 0 Å². The third kappa shape index (κ3) is 0.946. The van der Waals surface area contributed by atoms with Crippen molar-refractivity contribution in [2.45, 2.75) is 0 Å². The minimum atomic E-state index is 0.638. The highest BCUT2D eigenvalue weighted by molar-refractivity contribution is 6.35. The van der Waals surface area contributed by atoms with E-state index in [2.05, 4.69) is 4.98 Å². The number of rotatable bonds is 0. The first-order valence-corrected chi connectivity index (χ1v) is 4.65. The molecule has 3 aromatic rings. The Hall–Kier alpha value is -1.54. The first kappa shape index (κ1) is 7.83. The molecule has 0 aliphatic carbocycles. The average molecular weight is 204 g/mol. The van der Waals surface area contributed by atoms with Gasteiger partial charge in [0.25, 0.3) is 0 Å². The van der Waals surface area contributed by atoms with Gasteiger partial charge in [0.05, 0.1) is 5.02 Å². The van der Waals surface area contributed by atoms with Crippen LogP contribution in [-0.2, 0) is 0 Å². The molecule has 1 aromatic carbocycles. The first-order valence-electron chi connectivity index (χ1n) is 4.27. The van der Waals surface area contributed by atoms with Crippen molar-refractivity contribution in [2.24, 2.45) is 0 Å². The third-order valence-corrected chi connectivity index (χ3v) is 2.55. The molecule has 0 aliphatic rings. The molecule has 0 saturated heterocycles. The molecule has 0 aliphatic heterocycles. The topological polar surface area (TPSA) is 26.0 Å². The Labute approximate surface area is 85.1 Å². The number of fused-ring (bicyclic) bond motifs is 3. The Balaban J connectivity index is 2.63. The first-order chi connectivity index (χ1) is 6.86. The minimum absolute atomic E-state index is 0.638. The summed E-state index contributed by atoms with van der Waals surface area (Å²) in [6, 6.07) is 7.55. The zero-order chi connectivity index (χ0) is 9.54. The van der Waals surface area contributed by atoms with Crippen LogP contribution in [0.1, 0.15) is 0 Å². The molecule has 3 heteroatoms. The van der Waals surface area contributed by atoms with Gasteiger partial charge in [-0.05, 0) is 12.1 Å². The Morgan fingerprint density at radius 3 is 3.00 bits per heavy atom. The van der Waals surface area contributed by atoms with E-state index in [0.29, 0.717) is 5.02 Å². The molecule has 0 atom stereocenters. The van der Waals surface area contributed by atoms with Gasteiger partial charge in [-0.2, -0.15) is 0 Å². The molecule has 0 amide bonds. The standard InChI is InChI=1S/C11H6ClNO/c12-9-3-1-2-7-8-6-13-5-4-10(8)14-11(7)9/h1-6H. The maximum Gasteiger partial charge on any atom is 0.154 e. The zero-order valence-corrected chi connectivity index (χ0v) is 7.95. The van der Waals surface area contributed by atoms with Crippen LogP contribution in [0.3, 0.4) is 0 Å². The zero-order valence-electron chi connectivity index (χ0n) is 7.20. The van der Waals surface area contributed by atoms with E-state index in [1.165, 1.54) is 0 Å². The molecule has 0 radical (unpaired) electrons. The predicted molar refractivity (Wildman–Crippen MR) is 56.5 cm³/mol. The number of hydrogen-bond acceptors (Lipinski definition) is 2. The van der Waals surface area contributed by atoms with Gasteiger partial charge in [-0.15, -0.1) is 0 Å². The number of hydrogen-bond donors (Lipinski definition) is 0. The number of halogens is 1. The van der Waals surface area contributed by atoms with Crippen molar-refractivity contribution >= 4 is 33.5 Å². The number of para-hydroxylation sites is 1. The number of pyridine rings is 1. The number of furan rings is 1. The van der Waals surface area contributed by atoms with E-state index in [4.69, 9.17) is 16.0 Å². The van der Waals surface area contributed by atoms with Crippen molar-refractivity contribution in [3.05, 3.63) is 41.7 Å². The normalized spacial score (nSPS) is 11.2. The van der Waals surface area contributed by atoms with E-state index < -0.39 is 0 Å². The van der Waals surface area contributed by atoms with Crippen molar-refractivity contribution in [1.82, 2.24) is 4.98 Å². The van der Waals surface area contributed by atoms with Gasteiger partial charge in [0.15, 0.2) is 5.58 Å². The molecule has 0 N–H and O–H groups in total. The number of aromatic nitrogens is 1. The van der Waals surface area contributed by atoms with Crippen LogP contribution in [-0.4, -0.2) is 4.98 Å². The van der Waals surface area contributed by atoms with Crippen LogP contribution in [0.2, 0.25) is 5.02 Å². The van der Waals surface area contributed by atoms with Crippen molar-refractivity contribution in [3.63, 3.8) is 0 Å². The van der Waals surface area contributed by atoms with Crippen molar-refractivity contribution < 1.29 is 4.42 Å². The van der Waals surface area contributed by atoms with Gasteiger partial charge >= 0.3 is 0 Å². The van der Waals surface area contributed by atoms with Crippen LogP contribution >= 0.6 is 11.6 Å². The van der Waals surface area contributed by atoms with Crippen molar-refractivity contribution in [3.8, 4) is 0 Å². The van der Waals surface area contributed by atoms with Crippen LogP contribution in [0.25, 0.3) is 21.9 Å². The van der Waals surface area contributed by atoms with Gasteiger partial charge in [-0.1, -0.05) is 23.7 Å². The maximum absolute atomic E-state index is 6.01.